The number of phosphoric ester groups is 1. The number of ether oxygens (including phenoxy) is 6. The van der Waals surface area contributed by atoms with E-state index in [9.17, 15) is 24.4 Å². The highest BCUT2D eigenvalue weighted by Gasteiger charge is 2.95. The van der Waals surface area contributed by atoms with Crippen LogP contribution in [0.4, 0.5) is 19.9 Å². The molecule has 21 heteroatoms. The van der Waals surface area contributed by atoms with Gasteiger partial charge >= 0.3 is 20.1 Å². The lowest BCUT2D eigenvalue weighted by Crippen LogP contribution is -2.48. The van der Waals surface area contributed by atoms with Crippen LogP contribution in [0.15, 0.2) is 6.33 Å². The molecule has 1 aliphatic carbocycles. The molecule has 0 spiro atoms. The van der Waals surface area contributed by atoms with Gasteiger partial charge in [0.15, 0.2) is 29.1 Å². The maximum Gasteiger partial charge on any atom is 0.510 e. The Morgan fingerprint density at radius 1 is 1.11 bits per heavy atom. The van der Waals surface area contributed by atoms with E-state index in [0.29, 0.717) is 0 Å². The van der Waals surface area contributed by atoms with Crippen molar-refractivity contribution in [1.82, 2.24) is 19.5 Å². The zero-order chi connectivity index (χ0) is 32.7. The van der Waals surface area contributed by atoms with E-state index in [2.05, 4.69) is 24.4 Å². The van der Waals surface area contributed by atoms with Crippen molar-refractivity contribution in [2.45, 2.75) is 83.1 Å². The fourth-order valence-corrected chi connectivity index (χ4v) is 5.45. The fourth-order valence-electron chi connectivity index (χ4n) is 4.34. The van der Waals surface area contributed by atoms with Crippen LogP contribution < -0.4 is 10.5 Å². The van der Waals surface area contributed by atoms with Gasteiger partial charge in [0.25, 0.3) is 5.85 Å². The number of nitrogens with zero attached hydrogens (tertiary/aromatic N) is 4. The Morgan fingerprint density at radius 2 is 1.68 bits per heavy atom. The minimum Gasteiger partial charge on any atom is -0.476 e. The lowest BCUT2D eigenvalue weighted by molar-refractivity contribution is -0.181. The molecule has 5 atom stereocenters. The summed E-state index contributed by atoms with van der Waals surface area (Å²) in [7, 11) is -5.06. The highest BCUT2D eigenvalue weighted by molar-refractivity contribution is 7.48. The number of nitrogens with two attached hydrogens (primary N) is 1. The molecule has 246 valence electrons. The Balaban J connectivity index is 1.54. The van der Waals surface area contributed by atoms with Crippen LogP contribution in [-0.4, -0.2) is 97.6 Å². The second-order valence-corrected chi connectivity index (χ2v) is 11.8. The van der Waals surface area contributed by atoms with Gasteiger partial charge in [-0.3, -0.25) is 9.09 Å². The third kappa shape index (κ3) is 6.10. The van der Waals surface area contributed by atoms with Crippen LogP contribution in [-0.2, 0) is 41.8 Å². The lowest BCUT2D eigenvalue weighted by atomic mass is 9.95. The van der Waals surface area contributed by atoms with Gasteiger partial charge < -0.3 is 44.4 Å². The summed E-state index contributed by atoms with van der Waals surface area (Å²) in [5, 5.41) is 22.7. The molecular formula is C23H33FN5O14P. The molecule has 3 heterocycles. The monoisotopic (exact) mass is 653 g/mol. The molecule has 0 aromatic carbocycles. The number of alkyl halides is 1. The Kier molecular flexibility index (Phi) is 9.28. The lowest BCUT2D eigenvalue weighted by Gasteiger charge is -2.32. The number of carbonyl (C=O) groups excluding carboxylic acids is 2. The molecule has 44 heavy (non-hydrogen) atoms. The predicted octanol–water partition coefficient (Wildman–Crippen LogP) is 2.06. The Morgan fingerprint density at radius 3 is 2.16 bits per heavy atom. The molecule has 1 aliphatic heterocycles. The minimum absolute atomic E-state index is 0.0145. The van der Waals surface area contributed by atoms with Gasteiger partial charge in [0, 0.05) is 0 Å². The Bertz CT molecular complexity index is 1410. The SMILES string of the molecule is CCOc1nc(N)nc2c1ncn2[C@@H]1O[C@]2(F)C(OP(=O)(OCOC(=O)OC(C)C)OCOC(=O)OC(C)C)[C@]2(O)[C@@]1(C)O. The van der Waals surface area contributed by atoms with Crippen LogP contribution in [0.25, 0.3) is 11.2 Å². The number of imidazole rings is 1. The number of halogens is 1. The Hall–Kier alpha value is -3.39. The summed E-state index contributed by atoms with van der Waals surface area (Å²) >= 11 is 0. The topological polar surface area (TPSA) is 244 Å². The molecule has 4 N–H and O–H groups in total. The van der Waals surface area contributed by atoms with Crippen LogP contribution >= 0.6 is 7.82 Å². The normalized spacial score (nSPS) is 27.8. The van der Waals surface area contributed by atoms with Gasteiger partial charge in [-0.2, -0.15) is 9.97 Å². The summed E-state index contributed by atoms with van der Waals surface area (Å²) < 4.78 is 75.2. The second kappa shape index (κ2) is 12.2. The highest BCUT2D eigenvalue weighted by Crippen LogP contribution is 2.72. The molecule has 1 saturated heterocycles. The number of carbonyl (C=O) groups is 2. The molecule has 0 radical (unpaired) electrons. The van der Waals surface area contributed by atoms with Crippen molar-refractivity contribution >= 4 is 37.2 Å². The largest absolute Gasteiger partial charge is 0.510 e. The molecule has 1 unspecified atom stereocenters. The van der Waals surface area contributed by atoms with Gasteiger partial charge in [-0.15, -0.1) is 0 Å². The van der Waals surface area contributed by atoms with Gasteiger partial charge in [-0.1, -0.05) is 0 Å². The van der Waals surface area contributed by atoms with Crippen molar-refractivity contribution in [2.24, 2.45) is 0 Å². The first-order chi connectivity index (χ1) is 20.5. The molecule has 2 aliphatic rings. The zero-order valence-corrected chi connectivity index (χ0v) is 25.4. The minimum atomic E-state index is -5.06. The smallest absolute Gasteiger partial charge is 0.476 e. The van der Waals surface area contributed by atoms with Gasteiger partial charge in [0.05, 0.1) is 25.1 Å². The van der Waals surface area contributed by atoms with Crippen molar-refractivity contribution in [2.75, 3.05) is 25.9 Å². The van der Waals surface area contributed by atoms with Crippen LogP contribution in [0.2, 0.25) is 0 Å². The standard InChI is InChI=1S/C23H33FN5O14P/c1-7-35-15-13-14(27-18(25)28-15)29(8-26-13)17-21(6,32)22(33)16(23(22,24)42-17)43-44(34,38-9-36-19(30)40-11(2)3)39-10-37-20(31)41-12(4)5/h8,11-12,16-17,32-33H,7,9-10H2,1-6H3,(H2,25,27,28)/t16?,17-,21+,22+,23-/m1/s1. The first-order valence-corrected chi connectivity index (χ1v) is 14.6. The molecule has 2 fully saturated rings. The van der Waals surface area contributed by atoms with Gasteiger partial charge in [0.1, 0.15) is 5.60 Å². The molecule has 2 aromatic rings. The first kappa shape index (κ1) is 33.5. The quantitative estimate of drug-likeness (QED) is 0.159. The number of rotatable bonds is 13. The van der Waals surface area contributed by atoms with E-state index in [0.717, 1.165) is 17.8 Å². The second-order valence-electron chi connectivity index (χ2n) is 10.2. The third-order valence-corrected chi connectivity index (χ3v) is 7.61. The van der Waals surface area contributed by atoms with Crippen molar-refractivity contribution in [1.29, 1.82) is 0 Å². The van der Waals surface area contributed by atoms with E-state index < -0.39 is 75.3 Å². The van der Waals surface area contributed by atoms with Crippen molar-refractivity contribution in [3.63, 3.8) is 0 Å². The number of hydrogen-bond donors (Lipinski definition) is 3. The fraction of sp³-hybridized carbons (Fsp3) is 0.696. The molecule has 2 aromatic heterocycles. The van der Waals surface area contributed by atoms with E-state index in [4.69, 9.17) is 38.3 Å². The number of phosphoric acid groups is 1. The van der Waals surface area contributed by atoms with Gasteiger partial charge in [-0.25, -0.2) is 32.6 Å². The average Bonchev–Trinajstić information content (AvgIpc) is 3.14. The maximum absolute atomic E-state index is 16.2. The number of hydrogen-bond acceptors (Lipinski definition) is 18. The summed E-state index contributed by atoms with van der Waals surface area (Å²) in [6.45, 7) is 6.85. The maximum atomic E-state index is 16.2. The first-order valence-electron chi connectivity index (χ1n) is 13.2. The summed E-state index contributed by atoms with van der Waals surface area (Å²) in [5.41, 5.74) is 0.435. The van der Waals surface area contributed by atoms with Crippen LogP contribution in [0.1, 0.15) is 47.8 Å². The number of aliphatic hydroxyl groups is 2. The van der Waals surface area contributed by atoms with E-state index in [1.165, 1.54) is 27.7 Å². The average molecular weight is 654 g/mol. The summed E-state index contributed by atoms with van der Waals surface area (Å²) in [6.07, 6.45) is -6.32. The van der Waals surface area contributed by atoms with E-state index >= 15 is 4.39 Å². The van der Waals surface area contributed by atoms with Crippen molar-refractivity contribution < 1.29 is 70.8 Å². The summed E-state index contributed by atoms with van der Waals surface area (Å²) in [6, 6.07) is 0. The zero-order valence-electron chi connectivity index (χ0n) is 24.5. The molecule has 4 rings (SSSR count). The van der Waals surface area contributed by atoms with Gasteiger partial charge in [0.2, 0.25) is 25.4 Å². The Labute approximate surface area is 249 Å². The van der Waals surface area contributed by atoms with Crippen LogP contribution in [0.3, 0.4) is 0 Å². The third-order valence-electron chi connectivity index (χ3n) is 6.30. The molecule has 19 nitrogen and oxygen atoms in total. The summed E-state index contributed by atoms with van der Waals surface area (Å²) in [4.78, 5) is 35.5. The van der Waals surface area contributed by atoms with E-state index in [1.54, 1.807) is 6.92 Å². The number of fused-ring (bicyclic) bond motifs is 2. The number of nitrogen functional groups attached to an aromatic ring is 1. The van der Waals surface area contributed by atoms with Crippen molar-refractivity contribution in [3.05, 3.63) is 6.33 Å². The van der Waals surface area contributed by atoms with Gasteiger partial charge in [-0.05, 0) is 41.5 Å². The highest BCUT2D eigenvalue weighted by atomic mass is 31.2. The molecule has 1 saturated carbocycles. The number of anilines is 1. The molecule has 0 amide bonds. The summed E-state index contributed by atoms with van der Waals surface area (Å²) in [5.74, 6) is -3.42. The number of aromatic nitrogens is 4. The molecular weight excluding hydrogens is 620 g/mol. The van der Waals surface area contributed by atoms with Crippen molar-refractivity contribution in [3.8, 4) is 5.88 Å². The predicted molar refractivity (Wildman–Crippen MR) is 140 cm³/mol. The van der Waals surface area contributed by atoms with E-state index in [1.807, 2.05) is 0 Å². The van der Waals surface area contributed by atoms with Crippen LogP contribution in [0, 0.1) is 0 Å². The molecule has 0 bridgehead atoms. The van der Waals surface area contributed by atoms with E-state index in [-0.39, 0.29) is 29.6 Å². The van der Waals surface area contributed by atoms with Crippen LogP contribution in [0.5, 0.6) is 5.88 Å².